The fraction of sp³-hybridized carbons (Fsp3) is 0.462. The summed E-state index contributed by atoms with van der Waals surface area (Å²) in [5, 5.41) is 10.8. The molecule has 1 atom stereocenters. The number of nitro groups is 1. The quantitative estimate of drug-likeness (QED) is 0.564. The minimum atomic E-state index is -0.468. The van der Waals surface area contributed by atoms with Crippen molar-refractivity contribution in [3.63, 3.8) is 0 Å². The monoisotopic (exact) mass is 281 g/mol. The standard InChI is InChI=1S/C13H19N3O4/c1-10(13(14)17)15(6-7-20-2)9-11-4-3-5-12(8-11)16(18)19/h3-5,8,10H,6-7,9H2,1-2H3,(H2,14,17). The maximum atomic E-state index is 11.3. The molecule has 1 aromatic rings. The molecule has 1 aromatic carbocycles. The van der Waals surface area contributed by atoms with E-state index in [1.165, 1.54) is 12.1 Å². The molecule has 110 valence electrons. The number of amides is 1. The smallest absolute Gasteiger partial charge is 0.269 e. The maximum absolute atomic E-state index is 11.3. The van der Waals surface area contributed by atoms with Crippen LogP contribution in [-0.4, -0.2) is 42.0 Å². The Balaban J connectivity index is 2.85. The van der Waals surface area contributed by atoms with E-state index < -0.39 is 16.9 Å². The van der Waals surface area contributed by atoms with Crippen LogP contribution in [0.2, 0.25) is 0 Å². The number of nitrogens with zero attached hydrogens (tertiary/aromatic N) is 2. The van der Waals surface area contributed by atoms with Gasteiger partial charge in [-0.15, -0.1) is 0 Å². The summed E-state index contributed by atoms with van der Waals surface area (Å²) in [4.78, 5) is 23.4. The number of primary amides is 1. The third-order valence-corrected chi connectivity index (χ3v) is 3.05. The van der Waals surface area contributed by atoms with Crippen molar-refractivity contribution in [1.82, 2.24) is 4.90 Å². The summed E-state index contributed by atoms with van der Waals surface area (Å²) in [6.07, 6.45) is 0. The number of methoxy groups -OCH3 is 1. The van der Waals surface area contributed by atoms with Gasteiger partial charge in [-0.05, 0) is 12.5 Å². The number of hydrogen-bond acceptors (Lipinski definition) is 5. The van der Waals surface area contributed by atoms with Crippen LogP contribution < -0.4 is 5.73 Å². The summed E-state index contributed by atoms with van der Waals surface area (Å²) in [6.45, 7) is 3.07. The minimum Gasteiger partial charge on any atom is -0.383 e. The Bertz CT molecular complexity index is 478. The number of carbonyl (C=O) groups is 1. The van der Waals surface area contributed by atoms with E-state index in [4.69, 9.17) is 10.5 Å². The molecule has 0 saturated carbocycles. The molecule has 0 saturated heterocycles. The first-order valence-corrected chi connectivity index (χ1v) is 6.21. The molecule has 1 amide bonds. The molecular weight excluding hydrogens is 262 g/mol. The van der Waals surface area contributed by atoms with Gasteiger partial charge in [-0.3, -0.25) is 19.8 Å². The van der Waals surface area contributed by atoms with E-state index in [0.29, 0.717) is 19.7 Å². The molecule has 0 aliphatic heterocycles. The first kappa shape index (κ1) is 16.1. The lowest BCUT2D eigenvalue weighted by Crippen LogP contribution is -2.43. The van der Waals surface area contributed by atoms with Crippen LogP contribution in [0.15, 0.2) is 24.3 Å². The van der Waals surface area contributed by atoms with Gasteiger partial charge in [0.15, 0.2) is 0 Å². The molecule has 0 fully saturated rings. The van der Waals surface area contributed by atoms with Crippen molar-refractivity contribution in [3.8, 4) is 0 Å². The lowest BCUT2D eigenvalue weighted by Gasteiger charge is -2.26. The van der Waals surface area contributed by atoms with Crippen LogP contribution in [-0.2, 0) is 16.1 Å². The van der Waals surface area contributed by atoms with Crippen LogP contribution in [0.25, 0.3) is 0 Å². The maximum Gasteiger partial charge on any atom is 0.269 e. The van der Waals surface area contributed by atoms with E-state index in [1.807, 2.05) is 4.90 Å². The number of carbonyl (C=O) groups excluding carboxylic acids is 1. The summed E-state index contributed by atoms with van der Waals surface area (Å²) in [5.74, 6) is -0.438. The third kappa shape index (κ3) is 4.60. The largest absolute Gasteiger partial charge is 0.383 e. The summed E-state index contributed by atoms with van der Waals surface area (Å²) in [7, 11) is 1.57. The number of nitro benzene ring substituents is 1. The molecule has 7 heteroatoms. The summed E-state index contributed by atoms with van der Waals surface area (Å²) < 4.78 is 5.00. The predicted octanol–water partition coefficient (Wildman–Crippen LogP) is 0.917. The number of hydrogen-bond donors (Lipinski definition) is 1. The zero-order valence-electron chi connectivity index (χ0n) is 11.6. The van der Waals surface area contributed by atoms with Gasteiger partial charge in [0, 0.05) is 32.3 Å². The minimum absolute atomic E-state index is 0.0286. The van der Waals surface area contributed by atoms with Gasteiger partial charge in [0.1, 0.15) is 0 Å². The van der Waals surface area contributed by atoms with Crippen LogP contribution in [0.3, 0.4) is 0 Å². The number of rotatable bonds is 8. The molecule has 0 radical (unpaired) electrons. The van der Waals surface area contributed by atoms with E-state index >= 15 is 0 Å². The van der Waals surface area contributed by atoms with Crippen molar-refractivity contribution in [2.24, 2.45) is 5.73 Å². The average Bonchev–Trinajstić information content (AvgIpc) is 2.42. The lowest BCUT2D eigenvalue weighted by atomic mass is 10.1. The Labute approximate surface area is 117 Å². The molecule has 1 unspecified atom stereocenters. The SMILES string of the molecule is COCCN(Cc1cccc([N+](=O)[O-])c1)C(C)C(N)=O. The van der Waals surface area contributed by atoms with Gasteiger partial charge in [0.05, 0.1) is 17.6 Å². The van der Waals surface area contributed by atoms with E-state index in [-0.39, 0.29) is 5.69 Å². The van der Waals surface area contributed by atoms with Crippen LogP contribution in [0.4, 0.5) is 5.69 Å². The molecule has 0 aromatic heterocycles. The van der Waals surface area contributed by atoms with Crippen molar-refractivity contribution >= 4 is 11.6 Å². The number of nitrogens with two attached hydrogens (primary N) is 1. The molecule has 0 aliphatic rings. The van der Waals surface area contributed by atoms with Crippen LogP contribution >= 0.6 is 0 Å². The normalized spacial score (nSPS) is 12.3. The van der Waals surface area contributed by atoms with E-state index in [9.17, 15) is 14.9 Å². The average molecular weight is 281 g/mol. The molecule has 1 rings (SSSR count). The molecule has 0 spiro atoms. The highest BCUT2D eigenvalue weighted by atomic mass is 16.6. The Morgan fingerprint density at radius 1 is 1.55 bits per heavy atom. The lowest BCUT2D eigenvalue weighted by molar-refractivity contribution is -0.384. The van der Waals surface area contributed by atoms with Gasteiger partial charge in [0.2, 0.25) is 5.91 Å². The fourth-order valence-electron chi connectivity index (χ4n) is 1.80. The molecular formula is C13H19N3O4. The predicted molar refractivity (Wildman–Crippen MR) is 74.0 cm³/mol. The van der Waals surface area contributed by atoms with E-state index in [0.717, 1.165) is 5.56 Å². The van der Waals surface area contributed by atoms with E-state index in [1.54, 1.807) is 26.2 Å². The van der Waals surface area contributed by atoms with Gasteiger partial charge in [-0.1, -0.05) is 12.1 Å². The van der Waals surface area contributed by atoms with E-state index in [2.05, 4.69) is 0 Å². The highest BCUT2D eigenvalue weighted by Crippen LogP contribution is 2.15. The zero-order chi connectivity index (χ0) is 15.1. The molecule has 0 heterocycles. The van der Waals surface area contributed by atoms with Crippen LogP contribution in [0.1, 0.15) is 12.5 Å². The molecule has 2 N–H and O–H groups in total. The highest BCUT2D eigenvalue weighted by Gasteiger charge is 2.19. The third-order valence-electron chi connectivity index (χ3n) is 3.05. The zero-order valence-corrected chi connectivity index (χ0v) is 11.6. The van der Waals surface area contributed by atoms with Gasteiger partial charge in [0.25, 0.3) is 5.69 Å². The second-order valence-electron chi connectivity index (χ2n) is 4.47. The highest BCUT2D eigenvalue weighted by molar-refractivity contribution is 5.79. The molecule has 7 nitrogen and oxygen atoms in total. The van der Waals surface area contributed by atoms with Crippen molar-refractivity contribution in [3.05, 3.63) is 39.9 Å². The van der Waals surface area contributed by atoms with Crippen molar-refractivity contribution in [1.29, 1.82) is 0 Å². The molecule has 20 heavy (non-hydrogen) atoms. The second-order valence-corrected chi connectivity index (χ2v) is 4.47. The first-order valence-electron chi connectivity index (χ1n) is 6.21. The van der Waals surface area contributed by atoms with Crippen molar-refractivity contribution < 1.29 is 14.5 Å². The number of non-ortho nitro benzene ring substituents is 1. The second kappa shape index (κ2) is 7.56. The molecule has 0 bridgehead atoms. The fourth-order valence-corrected chi connectivity index (χ4v) is 1.80. The van der Waals surface area contributed by atoms with Crippen molar-refractivity contribution in [2.75, 3.05) is 20.3 Å². The Morgan fingerprint density at radius 3 is 2.80 bits per heavy atom. The van der Waals surface area contributed by atoms with Crippen molar-refractivity contribution in [2.45, 2.75) is 19.5 Å². The number of benzene rings is 1. The first-order chi connectivity index (χ1) is 9.45. The topological polar surface area (TPSA) is 98.7 Å². The van der Waals surface area contributed by atoms with Crippen LogP contribution in [0, 0.1) is 10.1 Å². The van der Waals surface area contributed by atoms with Gasteiger partial charge >= 0.3 is 0 Å². The Morgan fingerprint density at radius 2 is 2.25 bits per heavy atom. The number of ether oxygens (including phenoxy) is 1. The van der Waals surface area contributed by atoms with Gasteiger partial charge in [-0.2, -0.15) is 0 Å². The summed E-state index contributed by atoms with van der Waals surface area (Å²) in [5.41, 5.74) is 6.09. The van der Waals surface area contributed by atoms with Crippen LogP contribution in [0.5, 0.6) is 0 Å². The Hall–Kier alpha value is -1.99. The van der Waals surface area contributed by atoms with Gasteiger partial charge < -0.3 is 10.5 Å². The van der Waals surface area contributed by atoms with Gasteiger partial charge in [-0.25, -0.2) is 0 Å². The molecule has 0 aliphatic carbocycles. The summed E-state index contributed by atoms with van der Waals surface area (Å²) >= 11 is 0. The Kier molecular flexibility index (Phi) is 6.08. The summed E-state index contributed by atoms with van der Waals surface area (Å²) in [6, 6.07) is 5.86.